The number of hydrogen-bond donors (Lipinski definition) is 0. The highest BCUT2D eigenvalue weighted by molar-refractivity contribution is 5.93. The van der Waals surface area contributed by atoms with Crippen molar-refractivity contribution in [3.63, 3.8) is 0 Å². The summed E-state index contributed by atoms with van der Waals surface area (Å²) < 4.78 is 4.89. The number of hydrogen-bond acceptors (Lipinski definition) is 2. The van der Waals surface area contributed by atoms with E-state index in [1.807, 2.05) is 30.3 Å². The minimum absolute atomic E-state index is 0.0300. The molecule has 0 bridgehead atoms. The third kappa shape index (κ3) is 2.31. The van der Waals surface area contributed by atoms with E-state index in [4.69, 9.17) is 4.42 Å². The summed E-state index contributed by atoms with van der Waals surface area (Å²) in [5.41, 5.74) is 1.69. The van der Waals surface area contributed by atoms with Crippen molar-refractivity contribution in [3.05, 3.63) is 60.1 Å². The molecule has 16 heavy (non-hydrogen) atoms. The zero-order valence-corrected chi connectivity index (χ0v) is 9.09. The third-order valence-electron chi connectivity index (χ3n) is 2.38. The molecule has 0 aliphatic carbocycles. The zero-order valence-electron chi connectivity index (χ0n) is 9.09. The number of amides is 1. The molecule has 82 valence electrons. The Bertz CT molecular complexity index is 448. The summed E-state index contributed by atoms with van der Waals surface area (Å²) in [5, 5.41) is 0. The Hall–Kier alpha value is -2.03. The smallest absolute Gasteiger partial charge is 0.257 e. The highest BCUT2D eigenvalue weighted by atomic mass is 16.3. The van der Waals surface area contributed by atoms with Gasteiger partial charge in [0.15, 0.2) is 0 Å². The Morgan fingerprint density at radius 1 is 1.25 bits per heavy atom. The van der Waals surface area contributed by atoms with E-state index in [2.05, 4.69) is 0 Å². The number of nitrogens with zero attached hydrogens (tertiary/aromatic N) is 1. The number of benzene rings is 1. The molecule has 0 spiro atoms. The zero-order chi connectivity index (χ0) is 11.4. The van der Waals surface area contributed by atoms with E-state index in [0.29, 0.717) is 12.1 Å². The molecule has 0 aliphatic heterocycles. The van der Waals surface area contributed by atoms with Gasteiger partial charge in [-0.1, -0.05) is 30.3 Å². The maximum Gasteiger partial charge on any atom is 0.257 e. The third-order valence-corrected chi connectivity index (χ3v) is 2.38. The van der Waals surface area contributed by atoms with E-state index in [1.54, 1.807) is 18.0 Å². The fraction of sp³-hybridized carbons (Fsp3) is 0.154. The van der Waals surface area contributed by atoms with Crippen molar-refractivity contribution in [1.29, 1.82) is 0 Å². The maximum absolute atomic E-state index is 11.9. The Labute approximate surface area is 94.3 Å². The van der Waals surface area contributed by atoms with Crippen LogP contribution in [0.1, 0.15) is 15.9 Å². The van der Waals surface area contributed by atoms with Crippen LogP contribution in [0, 0.1) is 0 Å². The Balaban J connectivity index is 2.04. The quantitative estimate of drug-likeness (QED) is 0.788. The van der Waals surface area contributed by atoms with Crippen LogP contribution in [-0.4, -0.2) is 17.9 Å². The summed E-state index contributed by atoms with van der Waals surface area (Å²) in [7, 11) is 1.78. The molecular weight excluding hydrogens is 202 g/mol. The van der Waals surface area contributed by atoms with Crippen LogP contribution in [0.5, 0.6) is 0 Å². The number of rotatable bonds is 3. The minimum atomic E-state index is -0.0300. The predicted octanol–water partition coefficient (Wildman–Crippen LogP) is 2.55. The van der Waals surface area contributed by atoms with Gasteiger partial charge in [-0.25, -0.2) is 0 Å². The average molecular weight is 215 g/mol. The lowest BCUT2D eigenvalue weighted by Crippen LogP contribution is -2.25. The Morgan fingerprint density at radius 2 is 2.00 bits per heavy atom. The molecule has 0 fully saturated rings. The van der Waals surface area contributed by atoms with Crippen molar-refractivity contribution in [3.8, 4) is 0 Å². The minimum Gasteiger partial charge on any atom is -0.472 e. The van der Waals surface area contributed by atoms with Crippen molar-refractivity contribution in [1.82, 2.24) is 4.90 Å². The molecule has 0 saturated carbocycles. The number of furan rings is 1. The van der Waals surface area contributed by atoms with E-state index in [1.165, 1.54) is 12.5 Å². The second kappa shape index (κ2) is 4.66. The van der Waals surface area contributed by atoms with Crippen molar-refractivity contribution < 1.29 is 9.21 Å². The Morgan fingerprint density at radius 3 is 2.62 bits per heavy atom. The normalized spacial score (nSPS) is 10.1. The molecule has 2 rings (SSSR count). The molecule has 3 nitrogen and oxygen atoms in total. The second-order valence-corrected chi connectivity index (χ2v) is 3.66. The molecule has 0 N–H and O–H groups in total. The molecule has 2 aromatic rings. The van der Waals surface area contributed by atoms with E-state index < -0.39 is 0 Å². The molecule has 0 saturated heterocycles. The van der Waals surface area contributed by atoms with Crippen molar-refractivity contribution in [2.45, 2.75) is 6.54 Å². The standard InChI is InChI=1S/C13H13NO2/c1-14(9-11-5-3-2-4-6-11)13(15)12-7-8-16-10-12/h2-8,10H,9H2,1H3. The van der Waals surface area contributed by atoms with E-state index in [-0.39, 0.29) is 5.91 Å². The van der Waals surface area contributed by atoms with E-state index in [0.717, 1.165) is 5.56 Å². The lowest BCUT2D eigenvalue weighted by molar-refractivity contribution is 0.0784. The molecule has 1 aromatic heterocycles. The van der Waals surface area contributed by atoms with Crippen molar-refractivity contribution >= 4 is 5.91 Å². The summed E-state index contributed by atoms with van der Waals surface area (Å²) in [6.07, 6.45) is 2.97. The first-order chi connectivity index (χ1) is 7.77. The molecule has 0 atom stereocenters. The summed E-state index contributed by atoms with van der Waals surface area (Å²) in [4.78, 5) is 13.5. The van der Waals surface area contributed by atoms with Crippen LogP contribution in [-0.2, 0) is 6.54 Å². The van der Waals surface area contributed by atoms with Crippen LogP contribution in [0.2, 0.25) is 0 Å². The second-order valence-electron chi connectivity index (χ2n) is 3.66. The van der Waals surface area contributed by atoms with Gasteiger partial charge in [-0.05, 0) is 11.6 Å². The fourth-order valence-electron chi connectivity index (χ4n) is 1.54. The summed E-state index contributed by atoms with van der Waals surface area (Å²) in [6.45, 7) is 0.602. The molecule has 0 radical (unpaired) electrons. The molecule has 3 heteroatoms. The lowest BCUT2D eigenvalue weighted by atomic mass is 10.2. The number of carbonyl (C=O) groups is 1. The van der Waals surface area contributed by atoms with Crippen molar-refractivity contribution in [2.75, 3.05) is 7.05 Å². The van der Waals surface area contributed by atoms with Gasteiger partial charge in [0.1, 0.15) is 6.26 Å². The fourth-order valence-corrected chi connectivity index (χ4v) is 1.54. The number of carbonyl (C=O) groups excluding carboxylic acids is 1. The van der Waals surface area contributed by atoms with Gasteiger partial charge in [0.25, 0.3) is 5.91 Å². The average Bonchev–Trinajstić information content (AvgIpc) is 2.83. The molecular formula is C13H13NO2. The highest BCUT2D eigenvalue weighted by Gasteiger charge is 2.12. The van der Waals surface area contributed by atoms with Gasteiger partial charge >= 0.3 is 0 Å². The first kappa shape index (κ1) is 10.5. The van der Waals surface area contributed by atoms with Crippen LogP contribution in [0.25, 0.3) is 0 Å². The van der Waals surface area contributed by atoms with Gasteiger partial charge in [-0.15, -0.1) is 0 Å². The monoisotopic (exact) mass is 215 g/mol. The van der Waals surface area contributed by atoms with Gasteiger partial charge in [-0.2, -0.15) is 0 Å². The maximum atomic E-state index is 11.9. The summed E-state index contributed by atoms with van der Waals surface area (Å²) in [6, 6.07) is 11.6. The largest absolute Gasteiger partial charge is 0.472 e. The van der Waals surface area contributed by atoms with Gasteiger partial charge in [0, 0.05) is 13.6 Å². The van der Waals surface area contributed by atoms with Crippen LogP contribution in [0.15, 0.2) is 53.3 Å². The van der Waals surface area contributed by atoms with Gasteiger partial charge < -0.3 is 9.32 Å². The van der Waals surface area contributed by atoms with E-state index in [9.17, 15) is 4.79 Å². The Kier molecular flexibility index (Phi) is 3.05. The SMILES string of the molecule is CN(Cc1ccccc1)C(=O)c1ccoc1. The molecule has 1 heterocycles. The molecule has 0 unspecified atom stereocenters. The van der Waals surface area contributed by atoms with Gasteiger partial charge in [0.2, 0.25) is 0 Å². The van der Waals surface area contributed by atoms with Crippen LogP contribution in [0.3, 0.4) is 0 Å². The first-order valence-electron chi connectivity index (χ1n) is 5.09. The molecule has 0 aliphatic rings. The summed E-state index contributed by atoms with van der Waals surface area (Å²) in [5.74, 6) is -0.0300. The highest BCUT2D eigenvalue weighted by Crippen LogP contribution is 2.08. The van der Waals surface area contributed by atoms with Gasteiger partial charge in [-0.3, -0.25) is 4.79 Å². The van der Waals surface area contributed by atoms with Crippen LogP contribution < -0.4 is 0 Å². The molecule has 1 amide bonds. The predicted molar refractivity (Wildman–Crippen MR) is 60.9 cm³/mol. The van der Waals surface area contributed by atoms with Crippen LogP contribution >= 0.6 is 0 Å². The lowest BCUT2D eigenvalue weighted by Gasteiger charge is -2.16. The van der Waals surface area contributed by atoms with Crippen LogP contribution in [0.4, 0.5) is 0 Å². The summed E-state index contributed by atoms with van der Waals surface area (Å²) >= 11 is 0. The van der Waals surface area contributed by atoms with Crippen molar-refractivity contribution in [2.24, 2.45) is 0 Å². The topological polar surface area (TPSA) is 33.5 Å². The molecule has 1 aromatic carbocycles. The van der Waals surface area contributed by atoms with E-state index >= 15 is 0 Å². The van der Waals surface area contributed by atoms with Gasteiger partial charge in [0.05, 0.1) is 11.8 Å². The first-order valence-corrected chi connectivity index (χ1v) is 5.09.